The number of rotatable bonds is 9. The molecule has 0 bridgehead atoms. The second-order valence-electron chi connectivity index (χ2n) is 5.73. The third-order valence-corrected chi connectivity index (χ3v) is 3.77. The van der Waals surface area contributed by atoms with Gasteiger partial charge in [0.25, 0.3) is 0 Å². The van der Waals surface area contributed by atoms with Crippen molar-refractivity contribution in [3.05, 3.63) is 47.5 Å². The molecule has 0 aliphatic heterocycles. The third kappa shape index (κ3) is 5.31. The van der Waals surface area contributed by atoms with Crippen LogP contribution in [-0.4, -0.2) is 40.4 Å². The minimum absolute atomic E-state index is 0.105. The fourth-order valence-corrected chi connectivity index (χ4v) is 2.55. The molecule has 6 heteroatoms. The summed E-state index contributed by atoms with van der Waals surface area (Å²) in [5.41, 5.74) is 1.91. The molecule has 1 amide bonds. The van der Waals surface area contributed by atoms with E-state index in [-0.39, 0.29) is 12.3 Å². The van der Waals surface area contributed by atoms with Crippen LogP contribution in [-0.2, 0) is 11.2 Å². The van der Waals surface area contributed by atoms with Crippen LogP contribution in [0.4, 0.5) is 0 Å². The molecule has 0 saturated heterocycles. The van der Waals surface area contributed by atoms with Crippen molar-refractivity contribution in [1.29, 1.82) is 0 Å². The minimum Gasteiger partial charge on any atom is -0.493 e. The van der Waals surface area contributed by atoms with Crippen LogP contribution < -0.4 is 24.3 Å². The number of hydrogen-bond acceptors (Lipinski definition) is 5. The summed E-state index contributed by atoms with van der Waals surface area (Å²) in [5.74, 6) is 2.25. The highest BCUT2D eigenvalue weighted by molar-refractivity contribution is 5.79. The van der Waals surface area contributed by atoms with Crippen molar-refractivity contribution in [1.82, 2.24) is 5.32 Å². The van der Waals surface area contributed by atoms with Gasteiger partial charge in [-0.25, -0.2) is 0 Å². The molecular formula is C20H25NO5. The fraction of sp³-hybridized carbons (Fsp3) is 0.350. The van der Waals surface area contributed by atoms with Crippen LogP contribution in [0.2, 0.25) is 0 Å². The number of nitrogens with one attached hydrogen (secondary N) is 1. The Kier molecular flexibility index (Phi) is 7.14. The lowest BCUT2D eigenvalue weighted by molar-refractivity contribution is -0.120. The monoisotopic (exact) mass is 359 g/mol. The standard InChI is InChI=1S/C20H25NO5/c1-14-6-5-7-16(10-14)26-9-8-21-19(22)13-15-11-17(23-2)20(25-4)18(12-15)24-3/h5-7,10-12H,8-9,13H2,1-4H3,(H,21,22). The molecule has 0 aliphatic rings. The van der Waals surface area contributed by atoms with E-state index in [1.54, 1.807) is 33.5 Å². The van der Waals surface area contributed by atoms with E-state index >= 15 is 0 Å². The van der Waals surface area contributed by atoms with Crippen molar-refractivity contribution in [2.75, 3.05) is 34.5 Å². The van der Waals surface area contributed by atoms with E-state index in [4.69, 9.17) is 18.9 Å². The van der Waals surface area contributed by atoms with Gasteiger partial charge in [-0.1, -0.05) is 12.1 Å². The van der Waals surface area contributed by atoms with E-state index in [1.165, 1.54) is 0 Å². The van der Waals surface area contributed by atoms with Gasteiger partial charge in [0.2, 0.25) is 11.7 Å². The number of methoxy groups -OCH3 is 3. The van der Waals surface area contributed by atoms with Crippen molar-refractivity contribution < 1.29 is 23.7 Å². The number of carbonyl (C=O) groups excluding carboxylic acids is 1. The fourth-order valence-electron chi connectivity index (χ4n) is 2.55. The lowest BCUT2D eigenvalue weighted by atomic mass is 10.1. The van der Waals surface area contributed by atoms with E-state index in [0.717, 1.165) is 16.9 Å². The lowest BCUT2D eigenvalue weighted by Gasteiger charge is -2.14. The zero-order valence-corrected chi connectivity index (χ0v) is 15.6. The first-order valence-corrected chi connectivity index (χ1v) is 8.32. The molecule has 6 nitrogen and oxygen atoms in total. The van der Waals surface area contributed by atoms with Gasteiger partial charge in [0.1, 0.15) is 12.4 Å². The predicted octanol–water partition coefficient (Wildman–Crippen LogP) is 2.76. The van der Waals surface area contributed by atoms with E-state index in [0.29, 0.717) is 30.4 Å². The molecule has 0 radical (unpaired) electrons. The van der Waals surface area contributed by atoms with Crippen LogP contribution in [0.25, 0.3) is 0 Å². The van der Waals surface area contributed by atoms with Gasteiger partial charge in [-0.3, -0.25) is 4.79 Å². The van der Waals surface area contributed by atoms with Gasteiger partial charge >= 0.3 is 0 Å². The Morgan fingerprint density at radius 3 is 2.27 bits per heavy atom. The van der Waals surface area contributed by atoms with Crippen molar-refractivity contribution in [3.63, 3.8) is 0 Å². The maximum absolute atomic E-state index is 12.2. The Morgan fingerprint density at radius 2 is 1.69 bits per heavy atom. The molecule has 0 aliphatic carbocycles. The zero-order valence-electron chi connectivity index (χ0n) is 15.6. The molecule has 1 N–H and O–H groups in total. The van der Waals surface area contributed by atoms with Crippen LogP contribution in [0.15, 0.2) is 36.4 Å². The quantitative estimate of drug-likeness (QED) is 0.698. The Balaban J connectivity index is 1.87. The number of benzene rings is 2. The molecule has 2 rings (SSSR count). The topological polar surface area (TPSA) is 66.0 Å². The average molecular weight is 359 g/mol. The number of ether oxygens (including phenoxy) is 4. The summed E-state index contributed by atoms with van der Waals surface area (Å²) >= 11 is 0. The minimum atomic E-state index is -0.105. The van der Waals surface area contributed by atoms with Crippen molar-refractivity contribution >= 4 is 5.91 Å². The second-order valence-corrected chi connectivity index (χ2v) is 5.73. The summed E-state index contributed by atoms with van der Waals surface area (Å²) in [5, 5.41) is 2.84. The van der Waals surface area contributed by atoms with Crippen LogP contribution in [0.5, 0.6) is 23.0 Å². The summed E-state index contributed by atoms with van der Waals surface area (Å²) in [7, 11) is 4.63. The van der Waals surface area contributed by atoms with Gasteiger partial charge in [0.05, 0.1) is 34.3 Å². The molecule has 26 heavy (non-hydrogen) atoms. The Morgan fingerprint density at radius 1 is 1.00 bits per heavy atom. The first kappa shape index (κ1) is 19.4. The molecule has 0 saturated carbocycles. The Hall–Kier alpha value is -2.89. The molecule has 2 aromatic carbocycles. The number of amides is 1. The number of aryl methyl sites for hydroxylation is 1. The summed E-state index contributed by atoms with van der Waals surface area (Å²) in [6.45, 7) is 2.84. The predicted molar refractivity (Wildman–Crippen MR) is 99.5 cm³/mol. The molecule has 0 unspecified atom stereocenters. The van der Waals surface area contributed by atoms with Crippen LogP contribution in [0.1, 0.15) is 11.1 Å². The van der Waals surface area contributed by atoms with Gasteiger partial charge in [-0.15, -0.1) is 0 Å². The summed E-state index contributed by atoms with van der Waals surface area (Å²) < 4.78 is 21.5. The van der Waals surface area contributed by atoms with E-state index < -0.39 is 0 Å². The van der Waals surface area contributed by atoms with Gasteiger partial charge < -0.3 is 24.3 Å². The molecule has 0 heterocycles. The first-order chi connectivity index (χ1) is 12.6. The molecule has 2 aromatic rings. The van der Waals surface area contributed by atoms with Crippen molar-refractivity contribution in [3.8, 4) is 23.0 Å². The zero-order chi connectivity index (χ0) is 18.9. The number of carbonyl (C=O) groups is 1. The first-order valence-electron chi connectivity index (χ1n) is 8.32. The van der Waals surface area contributed by atoms with E-state index in [2.05, 4.69) is 5.32 Å². The highest BCUT2D eigenvalue weighted by atomic mass is 16.5. The molecule has 0 spiro atoms. The lowest BCUT2D eigenvalue weighted by Crippen LogP contribution is -2.29. The van der Waals surface area contributed by atoms with Crippen molar-refractivity contribution in [2.45, 2.75) is 13.3 Å². The second kappa shape index (κ2) is 9.56. The Labute approximate surface area is 154 Å². The average Bonchev–Trinajstić information content (AvgIpc) is 2.64. The number of hydrogen-bond donors (Lipinski definition) is 1. The maximum Gasteiger partial charge on any atom is 0.224 e. The van der Waals surface area contributed by atoms with Crippen molar-refractivity contribution in [2.24, 2.45) is 0 Å². The summed E-state index contributed by atoms with van der Waals surface area (Å²) in [6, 6.07) is 11.3. The highest BCUT2D eigenvalue weighted by Crippen LogP contribution is 2.38. The normalized spacial score (nSPS) is 10.2. The smallest absolute Gasteiger partial charge is 0.224 e. The van der Waals surface area contributed by atoms with E-state index in [9.17, 15) is 4.79 Å². The van der Waals surface area contributed by atoms with Gasteiger partial charge in [0, 0.05) is 0 Å². The summed E-state index contributed by atoms with van der Waals surface area (Å²) in [6.07, 6.45) is 0.209. The van der Waals surface area contributed by atoms with Crippen LogP contribution in [0.3, 0.4) is 0 Å². The molecule has 0 fully saturated rings. The van der Waals surface area contributed by atoms with Crippen LogP contribution in [0, 0.1) is 6.92 Å². The SMILES string of the molecule is COc1cc(CC(=O)NCCOc2cccc(C)c2)cc(OC)c1OC. The summed E-state index contributed by atoms with van der Waals surface area (Å²) in [4.78, 5) is 12.2. The van der Waals surface area contributed by atoms with Gasteiger partial charge in [-0.05, 0) is 42.3 Å². The molecule has 0 atom stereocenters. The van der Waals surface area contributed by atoms with Gasteiger partial charge in [0.15, 0.2) is 11.5 Å². The largest absolute Gasteiger partial charge is 0.493 e. The molecule has 140 valence electrons. The molecular weight excluding hydrogens is 334 g/mol. The third-order valence-electron chi connectivity index (χ3n) is 3.77. The molecule has 0 aromatic heterocycles. The maximum atomic E-state index is 12.2. The highest BCUT2D eigenvalue weighted by Gasteiger charge is 2.14. The Bertz CT molecular complexity index is 720. The van der Waals surface area contributed by atoms with Gasteiger partial charge in [-0.2, -0.15) is 0 Å². The van der Waals surface area contributed by atoms with Crippen LogP contribution >= 0.6 is 0 Å². The van der Waals surface area contributed by atoms with E-state index in [1.807, 2.05) is 31.2 Å².